The van der Waals surface area contributed by atoms with Gasteiger partial charge < -0.3 is 16.4 Å². The van der Waals surface area contributed by atoms with E-state index in [0.29, 0.717) is 5.69 Å². The third kappa shape index (κ3) is 4.18. The summed E-state index contributed by atoms with van der Waals surface area (Å²) < 4.78 is 0. The number of nitro groups is 1. The molecule has 0 spiro atoms. The summed E-state index contributed by atoms with van der Waals surface area (Å²) in [5, 5.41) is 16.8. The maximum atomic E-state index is 12.1. The minimum absolute atomic E-state index is 0.0526. The van der Waals surface area contributed by atoms with Crippen molar-refractivity contribution in [1.82, 2.24) is 5.32 Å². The lowest BCUT2D eigenvalue weighted by molar-refractivity contribution is -0.384. The van der Waals surface area contributed by atoms with Gasteiger partial charge in [0.15, 0.2) is 0 Å². The first-order chi connectivity index (χ1) is 10.7. The van der Waals surface area contributed by atoms with E-state index in [9.17, 15) is 19.7 Å². The summed E-state index contributed by atoms with van der Waals surface area (Å²) in [4.78, 5) is 34.0. The van der Waals surface area contributed by atoms with Gasteiger partial charge in [-0.3, -0.25) is 19.7 Å². The molecule has 23 heavy (non-hydrogen) atoms. The Morgan fingerprint density at radius 1 is 1.39 bits per heavy atom. The Morgan fingerprint density at radius 3 is 2.57 bits per heavy atom. The van der Waals surface area contributed by atoms with E-state index in [2.05, 4.69) is 10.6 Å². The van der Waals surface area contributed by atoms with E-state index < -0.39 is 22.2 Å². The Hall–Kier alpha value is -2.64. The standard InChI is InChI=1S/C15H20N4O4/c1-15(2,14(16)21)8-17-13(20)9-3-6-11(18-10-4-5-10)12(7-9)19(22)23/h3,6-7,10,18H,4-5,8H2,1-2H3,(H2,16,21)(H,17,20). The van der Waals surface area contributed by atoms with Crippen LogP contribution in [0.5, 0.6) is 0 Å². The normalized spacial score (nSPS) is 14.2. The van der Waals surface area contributed by atoms with E-state index >= 15 is 0 Å². The van der Waals surface area contributed by atoms with Crippen LogP contribution in [0.1, 0.15) is 37.0 Å². The molecule has 1 aromatic carbocycles. The lowest BCUT2D eigenvalue weighted by atomic mass is 9.92. The SMILES string of the molecule is CC(C)(CNC(=O)c1ccc(NC2CC2)c([N+](=O)[O-])c1)C(N)=O. The first kappa shape index (κ1) is 16.7. The molecule has 0 atom stereocenters. The van der Waals surface area contributed by atoms with Crippen molar-refractivity contribution in [3.63, 3.8) is 0 Å². The fourth-order valence-corrected chi connectivity index (χ4v) is 1.88. The summed E-state index contributed by atoms with van der Waals surface area (Å²) in [5.41, 5.74) is 4.78. The highest BCUT2D eigenvalue weighted by atomic mass is 16.6. The van der Waals surface area contributed by atoms with Crippen molar-refractivity contribution in [3.8, 4) is 0 Å². The fraction of sp³-hybridized carbons (Fsp3) is 0.467. The molecule has 0 heterocycles. The van der Waals surface area contributed by atoms with Crippen LogP contribution in [0.3, 0.4) is 0 Å². The zero-order chi connectivity index (χ0) is 17.2. The molecule has 2 rings (SSSR count). The Bertz CT molecular complexity index is 653. The van der Waals surface area contributed by atoms with Crippen LogP contribution < -0.4 is 16.4 Å². The minimum atomic E-state index is -0.894. The summed E-state index contributed by atoms with van der Waals surface area (Å²) in [7, 11) is 0. The van der Waals surface area contributed by atoms with Gasteiger partial charge in [-0.15, -0.1) is 0 Å². The molecule has 8 nitrogen and oxygen atoms in total. The second kappa shape index (κ2) is 6.23. The van der Waals surface area contributed by atoms with E-state index in [0.717, 1.165) is 12.8 Å². The van der Waals surface area contributed by atoms with E-state index in [-0.39, 0.29) is 23.8 Å². The van der Waals surface area contributed by atoms with Crippen LogP contribution in [0, 0.1) is 15.5 Å². The number of nitro benzene ring substituents is 1. The van der Waals surface area contributed by atoms with Crippen LogP contribution in [0.2, 0.25) is 0 Å². The highest BCUT2D eigenvalue weighted by molar-refractivity contribution is 5.96. The molecule has 0 saturated heterocycles. The second-order valence-electron chi connectivity index (χ2n) is 6.34. The van der Waals surface area contributed by atoms with Crippen molar-refractivity contribution in [2.24, 2.45) is 11.1 Å². The van der Waals surface area contributed by atoms with Crippen molar-refractivity contribution in [2.75, 3.05) is 11.9 Å². The van der Waals surface area contributed by atoms with Crippen LogP contribution in [0.15, 0.2) is 18.2 Å². The van der Waals surface area contributed by atoms with E-state index in [1.807, 2.05) is 0 Å². The monoisotopic (exact) mass is 320 g/mol. The first-order valence-corrected chi connectivity index (χ1v) is 7.34. The van der Waals surface area contributed by atoms with Gasteiger partial charge in [-0.2, -0.15) is 0 Å². The Balaban J connectivity index is 2.12. The van der Waals surface area contributed by atoms with E-state index in [4.69, 9.17) is 5.73 Å². The lowest BCUT2D eigenvalue weighted by Crippen LogP contribution is -2.42. The number of primary amides is 1. The van der Waals surface area contributed by atoms with Gasteiger partial charge in [-0.05, 0) is 38.8 Å². The molecular weight excluding hydrogens is 300 g/mol. The number of anilines is 1. The number of nitrogens with two attached hydrogens (primary N) is 1. The molecule has 4 N–H and O–H groups in total. The number of carbonyl (C=O) groups excluding carboxylic acids is 2. The molecule has 0 aliphatic heterocycles. The number of hydrogen-bond acceptors (Lipinski definition) is 5. The molecule has 0 radical (unpaired) electrons. The maximum Gasteiger partial charge on any atom is 0.293 e. The fourth-order valence-electron chi connectivity index (χ4n) is 1.88. The molecule has 0 bridgehead atoms. The number of hydrogen-bond donors (Lipinski definition) is 3. The number of rotatable bonds is 7. The highest BCUT2D eigenvalue weighted by Gasteiger charge is 2.27. The van der Waals surface area contributed by atoms with Crippen molar-refractivity contribution in [1.29, 1.82) is 0 Å². The molecular formula is C15H20N4O4. The number of amides is 2. The lowest BCUT2D eigenvalue weighted by Gasteiger charge is -2.20. The number of benzene rings is 1. The van der Waals surface area contributed by atoms with Crippen LogP contribution >= 0.6 is 0 Å². The summed E-state index contributed by atoms with van der Waals surface area (Å²) in [6, 6.07) is 4.55. The molecule has 1 aromatic rings. The van der Waals surface area contributed by atoms with E-state index in [1.54, 1.807) is 13.8 Å². The quantitative estimate of drug-likeness (QED) is 0.517. The van der Waals surface area contributed by atoms with Crippen LogP contribution in [-0.2, 0) is 4.79 Å². The molecule has 124 valence electrons. The first-order valence-electron chi connectivity index (χ1n) is 7.34. The number of carbonyl (C=O) groups is 2. The van der Waals surface area contributed by atoms with Crippen molar-refractivity contribution < 1.29 is 14.5 Å². The molecule has 0 unspecified atom stereocenters. The summed E-state index contributed by atoms with van der Waals surface area (Å²) in [6.45, 7) is 3.28. The Labute approximate surface area is 133 Å². The molecule has 2 amide bonds. The van der Waals surface area contributed by atoms with Crippen LogP contribution in [0.25, 0.3) is 0 Å². The second-order valence-corrected chi connectivity index (χ2v) is 6.34. The molecule has 8 heteroatoms. The molecule has 0 aromatic heterocycles. The summed E-state index contributed by atoms with van der Waals surface area (Å²) in [6.07, 6.45) is 1.98. The van der Waals surface area contributed by atoms with Gasteiger partial charge >= 0.3 is 0 Å². The smallest absolute Gasteiger partial charge is 0.293 e. The average Bonchev–Trinajstić information content (AvgIpc) is 3.28. The van der Waals surface area contributed by atoms with Gasteiger partial charge in [-0.1, -0.05) is 0 Å². The molecule has 1 aliphatic rings. The predicted molar refractivity (Wildman–Crippen MR) is 85.0 cm³/mol. The Morgan fingerprint density at radius 2 is 2.04 bits per heavy atom. The zero-order valence-corrected chi connectivity index (χ0v) is 13.1. The topological polar surface area (TPSA) is 127 Å². The van der Waals surface area contributed by atoms with Gasteiger partial charge in [0.25, 0.3) is 11.6 Å². The van der Waals surface area contributed by atoms with Gasteiger partial charge in [0.2, 0.25) is 5.91 Å². The van der Waals surface area contributed by atoms with Crippen molar-refractivity contribution in [3.05, 3.63) is 33.9 Å². The van der Waals surface area contributed by atoms with Gasteiger partial charge in [0.1, 0.15) is 5.69 Å². The van der Waals surface area contributed by atoms with Gasteiger partial charge in [0.05, 0.1) is 10.3 Å². The van der Waals surface area contributed by atoms with Crippen molar-refractivity contribution >= 4 is 23.2 Å². The third-order valence-corrected chi connectivity index (χ3v) is 3.75. The minimum Gasteiger partial charge on any atom is -0.377 e. The summed E-state index contributed by atoms with van der Waals surface area (Å²) >= 11 is 0. The van der Waals surface area contributed by atoms with E-state index in [1.165, 1.54) is 18.2 Å². The van der Waals surface area contributed by atoms with Gasteiger partial charge in [-0.25, -0.2) is 0 Å². The van der Waals surface area contributed by atoms with Crippen LogP contribution in [0.4, 0.5) is 11.4 Å². The average molecular weight is 320 g/mol. The largest absolute Gasteiger partial charge is 0.377 e. The highest BCUT2D eigenvalue weighted by Crippen LogP contribution is 2.31. The maximum absolute atomic E-state index is 12.1. The Kier molecular flexibility index (Phi) is 4.53. The number of nitrogens with one attached hydrogen (secondary N) is 2. The molecule has 1 aliphatic carbocycles. The van der Waals surface area contributed by atoms with Gasteiger partial charge in [0, 0.05) is 24.2 Å². The molecule has 1 saturated carbocycles. The summed E-state index contributed by atoms with van der Waals surface area (Å²) in [5.74, 6) is -1.02. The van der Waals surface area contributed by atoms with Crippen molar-refractivity contribution in [2.45, 2.75) is 32.7 Å². The third-order valence-electron chi connectivity index (χ3n) is 3.75. The predicted octanol–water partition coefficient (Wildman–Crippen LogP) is 1.41. The molecule has 1 fully saturated rings. The number of nitrogens with zero attached hydrogens (tertiary/aromatic N) is 1. The zero-order valence-electron chi connectivity index (χ0n) is 13.1. The van der Waals surface area contributed by atoms with Crippen LogP contribution in [-0.4, -0.2) is 29.3 Å².